The predicted octanol–water partition coefficient (Wildman–Crippen LogP) is 1.81. The highest BCUT2D eigenvalue weighted by Gasteiger charge is 2.40. The van der Waals surface area contributed by atoms with Gasteiger partial charge in [0.15, 0.2) is 5.76 Å². The van der Waals surface area contributed by atoms with Crippen molar-refractivity contribution in [3.05, 3.63) is 69.3 Å². The van der Waals surface area contributed by atoms with E-state index >= 15 is 0 Å². The highest BCUT2D eigenvalue weighted by molar-refractivity contribution is 7.87. The quantitative estimate of drug-likeness (QED) is 0.184. The summed E-state index contributed by atoms with van der Waals surface area (Å²) in [6, 6.07) is 0.704. The van der Waals surface area contributed by atoms with Crippen LogP contribution >= 0.6 is 0 Å². The highest BCUT2D eigenvalue weighted by Crippen LogP contribution is 2.40. The van der Waals surface area contributed by atoms with Crippen LogP contribution in [0, 0.1) is 10.1 Å². The zero-order chi connectivity index (χ0) is 30.7. The number of hydrogen-bond acceptors (Lipinski definition) is 12. The van der Waals surface area contributed by atoms with Crippen LogP contribution in [-0.4, -0.2) is 75.8 Å². The van der Waals surface area contributed by atoms with Crippen molar-refractivity contribution in [2.24, 2.45) is 4.99 Å². The van der Waals surface area contributed by atoms with Gasteiger partial charge in [-0.2, -0.15) is 25.3 Å². The Morgan fingerprint density at radius 3 is 2.07 bits per heavy atom. The van der Waals surface area contributed by atoms with Gasteiger partial charge in [-0.1, -0.05) is 0 Å². The lowest BCUT2D eigenvalue weighted by molar-refractivity contribution is -0.504. The van der Waals surface area contributed by atoms with Gasteiger partial charge in [-0.05, 0) is 37.3 Å². The molecule has 4 N–H and O–H groups in total. The maximum atomic E-state index is 12.4. The Hall–Kier alpha value is -3.88. The lowest BCUT2D eigenvalue weighted by Gasteiger charge is -2.29. The van der Waals surface area contributed by atoms with Crippen LogP contribution in [0.5, 0.6) is 0 Å². The number of nitrogens with one attached hydrogen (secondary N) is 1. The maximum Gasteiger partial charge on any atom is 0.295 e. The number of ether oxygens (including phenoxy) is 2. The fourth-order valence-electron chi connectivity index (χ4n) is 4.51. The molecule has 0 amide bonds. The van der Waals surface area contributed by atoms with Crippen molar-refractivity contribution in [1.82, 2.24) is 0 Å². The molecule has 1 heterocycles. The molecule has 1 aliphatic carbocycles. The first kappa shape index (κ1) is 30.1. The van der Waals surface area contributed by atoms with Gasteiger partial charge in [0.05, 0.1) is 30.7 Å². The van der Waals surface area contributed by atoms with Crippen LogP contribution < -0.4 is 5.32 Å². The van der Waals surface area contributed by atoms with Gasteiger partial charge in [0.25, 0.3) is 36.4 Å². The molecule has 0 spiro atoms. The molecule has 0 bridgehead atoms. The third-order valence-corrected chi connectivity index (χ3v) is 8.73. The average Bonchev–Trinajstić information content (AvgIpc) is 2.85. The average molecular weight is 632 g/mol. The number of methoxy groups -OCH3 is 2. The summed E-state index contributed by atoms with van der Waals surface area (Å²) in [5.74, 6) is -0.146. The smallest absolute Gasteiger partial charge is 0.295 e. The molecule has 0 saturated carbocycles. The fraction of sp³-hybridized carbons (Fsp3) is 0.227. The van der Waals surface area contributed by atoms with Crippen molar-refractivity contribution in [3.63, 3.8) is 0 Å². The number of rotatable bonds is 8. The van der Waals surface area contributed by atoms with Crippen LogP contribution in [-0.2, 0) is 39.8 Å². The summed E-state index contributed by atoms with van der Waals surface area (Å²) in [7, 11) is -13.1. The first-order valence-corrected chi connectivity index (χ1v) is 15.5. The van der Waals surface area contributed by atoms with Crippen molar-refractivity contribution < 1.29 is 53.3 Å². The molecule has 220 valence electrons. The second-order valence-electron chi connectivity index (χ2n) is 8.71. The molecule has 1 aliphatic heterocycles. The normalized spacial score (nSPS) is 19.6. The van der Waals surface area contributed by atoms with E-state index in [1.165, 1.54) is 26.4 Å². The Morgan fingerprint density at radius 1 is 0.927 bits per heavy atom. The molecule has 2 aliphatic rings. The van der Waals surface area contributed by atoms with Crippen molar-refractivity contribution >= 4 is 52.5 Å². The molecular formula is C22H21N3O13S3. The van der Waals surface area contributed by atoms with Gasteiger partial charge in [0.2, 0.25) is 0 Å². The second-order valence-corrected chi connectivity index (χ2v) is 12.9. The van der Waals surface area contributed by atoms with Crippen LogP contribution in [0.1, 0.15) is 6.92 Å². The van der Waals surface area contributed by atoms with E-state index in [4.69, 9.17) is 9.47 Å². The van der Waals surface area contributed by atoms with E-state index in [1.807, 2.05) is 0 Å². The zero-order valence-corrected chi connectivity index (χ0v) is 23.6. The number of nitro groups is 1. The van der Waals surface area contributed by atoms with E-state index in [1.54, 1.807) is 6.92 Å². The summed E-state index contributed by atoms with van der Waals surface area (Å²) in [5, 5.41) is 13.4. The molecule has 2 atom stereocenters. The minimum atomic E-state index is -5.31. The van der Waals surface area contributed by atoms with Gasteiger partial charge < -0.3 is 14.8 Å². The number of nitrogens with zero attached hydrogens (tertiary/aromatic N) is 2. The van der Waals surface area contributed by atoms with E-state index < -0.39 is 72.8 Å². The zero-order valence-electron chi connectivity index (χ0n) is 21.2. The van der Waals surface area contributed by atoms with E-state index in [9.17, 15) is 49.0 Å². The Labute approximate surface area is 233 Å². The molecular weight excluding hydrogens is 610 g/mol. The summed E-state index contributed by atoms with van der Waals surface area (Å²) in [4.78, 5) is 12.4. The first-order chi connectivity index (χ1) is 18.9. The lowest BCUT2D eigenvalue weighted by atomic mass is 9.90. The van der Waals surface area contributed by atoms with E-state index in [0.717, 1.165) is 12.1 Å². The van der Waals surface area contributed by atoms with Crippen LogP contribution in [0.15, 0.2) is 78.9 Å². The third kappa shape index (κ3) is 5.54. The van der Waals surface area contributed by atoms with Gasteiger partial charge in [-0.25, -0.2) is 0 Å². The van der Waals surface area contributed by atoms with Crippen molar-refractivity contribution in [2.75, 3.05) is 19.5 Å². The minimum absolute atomic E-state index is 0.0322. The number of benzene rings is 2. The van der Waals surface area contributed by atoms with E-state index in [-0.39, 0.29) is 34.2 Å². The number of fused-ring (bicyclic) bond motifs is 2. The van der Waals surface area contributed by atoms with Gasteiger partial charge in [-0.15, -0.1) is 0 Å². The summed E-state index contributed by atoms with van der Waals surface area (Å²) < 4.78 is 113. The summed E-state index contributed by atoms with van der Waals surface area (Å²) >= 11 is 0. The Morgan fingerprint density at radius 2 is 1.56 bits per heavy atom. The molecule has 0 saturated heterocycles. The van der Waals surface area contributed by atoms with Gasteiger partial charge in [-0.3, -0.25) is 28.8 Å². The first-order valence-electron chi connectivity index (χ1n) is 11.2. The van der Waals surface area contributed by atoms with Crippen LogP contribution in [0.2, 0.25) is 0 Å². The molecule has 2 unspecified atom stereocenters. The molecule has 0 radical (unpaired) electrons. The predicted molar refractivity (Wildman–Crippen MR) is 142 cm³/mol. The van der Waals surface area contributed by atoms with Crippen molar-refractivity contribution in [1.29, 1.82) is 0 Å². The molecule has 2 aromatic carbocycles. The molecule has 0 fully saturated rings. The largest absolute Gasteiger partial charge is 0.495 e. The van der Waals surface area contributed by atoms with E-state index in [2.05, 4.69) is 10.3 Å². The Balaban J connectivity index is 2.08. The topological polar surface area (TPSA) is 249 Å². The molecule has 2 aromatic rings. The van der Waals surface area contributed by atoms with Crippen molar-refractivity contribution in [3.8, 4) is 0 Å². The number of allylic oxidation sites excluding steroid dienone is 2. The number of aliphatic imine (C=N–C) groups is 1. The maximum absolute atomic E-state index is 12.4. The SMILES string of the molecule is COC1=CC([N+](=O)[O-])C(OC)=C2C(Nc3ccc(S(=O)(=O)O)c4cc(S(=O)(=O)O)cc(S(=O)(=O)O)c34)=CC(C)N=C12. The fourth-order valence-corrected chi connectivity index (χ4v) is 6.55. The number of anilines is 1. The van der Waals surface area contributed by atoms with Gasteiger partial charge in [0, 0.05) is 33.2 Å². The van der Waals surface area contributed by atoms with Crippen LogP contribution in [0.25, 0.3) is 10.8 Å². The Bertz CT molecular complexity index is 1960. The van der Waals surface area contributed by atoms with E-state index in [0.29, 0.717) is 12.1 Å². The van der Waals surface area contributed by atoms with Gasteiger partial charge >= 0.3 is 0 Å². The Kier molecular flexibility index (Phi) is 7.48. The lowest BCUT2D eigenvalue weighted by Crippen LogP contribution is -2.34. The minimum Gasteiger partial charge on any atom is -0.495 e. The van der Waals surface area contributed by atoms with Crippen LogP contribution in [0.4, 0.5) is 5.69 Å². The molecule has 0 aromatic heterocycles. The van der Waals surface area contributed by atoms with Gasteiger partial charge in [0.1, 0.15) is 21.3 Å². The molecule has 16 nitrogen and oxygen atoms in total. The summed E-state index contributed by atoms with van der Waals surface area (Å²) in [5.41, 5.74) is -0.00488. The van der Waals surface area contributed by atoms with Crippen LogP contribution in [0.3, 0.4) is 0 Å². The monoisotopic (exact) mass is 631 g/mol. The van der Waals surface area contributed by atoms with Crippen molar-refractivity contribution in [2.45, 2.75) is 33.7 Å². The molecule has 41 heavy (non-hydrogen) atoms. The second kappa shape index (κ2) is 10.2. The summed E-state index contributed by atoms with van der Waals surface area (Å²) in [6.45, 7) is 1.65. The third-order valence-electron chi connectivity index (χ3n) is 6.11. The number of hydrogen-bond donors (Lipinski definition) is 4. The number of dihydropyridines is 1. The molecule has 19 heteroatoms. The summed E-state index contributed by atoms with van der Waals surface area (Å²) in [6.07, 6.45) is 2.66. The standard InChI is InChI=1S/C22H21N3O13S3/c1-10-6-14(20-21(23-10)16(37-2)9-15(25(26)27)22(20)38-3)24-13-4-5-17(40(31,32)33)12-7-11(39(28,29)30)8-18(19(12)13)41(34,35)36/h4-10,15,24H,1-3H3,(H,28,29,30)(H,31,32,33)(H,34,35,36). The molecule has 4 rings (SSSR count). The highest BCUT2D eigenvalue weighted by atomic mass is 32.2.